The Kier molecular flexibility index (Phi) is 5.39. The Bertz CT molecular complexity index is 544. The molecule has 1 aromatic rings. The summed E-state index contributed by atoms with van der Waals surface area (Å²) in [7, 11) is 0. The van der Waals surface area contributed by atoms with Crippen LogP contribution in [-0.2, 0) is 4.79 Å². The van der Waals surface area contributed by atoms with Crippen molar-refractivity contribution in [3.63, 3.8) is 0 Å². The van der Waals surface area contributed by atoms with Gasteiger partial charge in [0.15, 0.2) is 0 Å². The van der Waals surface area contributed by atoms with Gasteiger partial charge in [-0.3, -0.25) is 9.59 Å². The highest BCUT2D eigenvalue weighted by Crippen LogP contribution is 2.29. The Morgan fingerprint density at radius 1 is 1.33 bits per heavy atom. The third-order valence-corrected chi connectivity index (χ3v) is 5.04. The number of aliphatic carboxylic acids is 1. The Morgan fingerprint density at radius 3 is 2.71 bits per heavy atom. The van der Waals surface area contributed by atoms with Gasteiger partial charge in [-0.15, -0.1) is 0 Å². The number of carbonyl (C=O) groups is 2. The van der Waals surface area contributed by atoms with E-state index in [0.717, 1.165) is 29.3 Å². The number of nitrogens with one attached hydrogen (secondary N) is 1. The first kappa shape index (κ1) is 16.0. The van der Waals surface area contributed by atoms with Crippen molar-refractivity contribution in [2.45, 2.75) is 32.6 Å². The number of halogens is 1. The highest BCUT2D eigenvalue weighted by Gasteiger charge is 2.30. The van der Waals surface area contributed by atoms with Crippen molar-refractivity contribution < 1.29 is 14.7 Å². The molecule has 0 aliphatic heterocycles. The maximum absolute atomic E-state index is 12.1. The van der Waals surface area contributed by atoms with E-state index in [0.29, 0.717) is 18.5 Å². The molecule has 0 radical (unpaired) electrons. The van der Waals surface area contributed by atoms with Gasteiger partial charge in [-0.05, 0) is 43.4 Å². The summed E-state index contributed by atoms with van der Waals surface area (Å²) in [6.07, 6.45) is 3.59. The standard InChI is InChI=1S/C16H20BrNO3/c1-10-6-7-11(8-14(10)17)15(19)18-9-12-4-2-3-5-13(12)16(20)21/h6-8,12-13H,2-5,9H2,1H3,(H,18,19)(H,20,21). The molecular formula is C16H20BrNO3. The first-order chi connectivity index (χ1) is 9.99. The van der Waals surface area contributed by atoms with Gasteiger partial charge >= 0.3 is 5.97 Å². The molecule has 2 N–H and O–H groups in total. The molecule has 1 aliphatic rings. The third kappa shape index (κ3) is 4.06. The van der Waals surface area contributed by atoms with Crippen LogP contribution >= 0.6 is 15.9 Å². The van der Waals surface area contributed by atoms with E-state index in [1.54, 1.807) is 12.1 Å². The minimum atomic E-state index is -0.743. The molecule has 1 saturated carbocycles. The average Bonchev–Trinajstić information content (AvgIpc) is 2.47. The molecule has 0 spiro atoms. The topological polar surface area (TPSA) is 66.4 Å². The molecule has 0 bridgehead atoms. The van der Waals surface area contributed by atoms with Crippen LogP contribution in [0.15, 0.2) is 22.7 Å². The lowest BCUT2D eigenvalue weighted by Gasteiger charge is -2.28. The van der Waals surface area contributed by atoms with Gasteiger partial charge in [0.2, 0.25) is 0 Å². The van der Waals surface area contributed by atoms with Crippen molar-refractivity contribution in [3.8, 4) is 0 Å². The molecule has 1 fully saturated rings. The summed E-state index contributed by atoms with van der Waals surface area (Å²) in [5.41, 5.74) is 1.67. The number of amides is 1. The van der Waals surface area contributed by atoms with Crippen LogP contribution in [0.4, 0.5) is 0 Å². The highest BCUT2D eigenvalue weighted by atomic mass is 79.9. The number of benzene rings is 1. The van der Waals surface area contributed by atoms with Crippen LogP contribution in [0.5, 0.6) is 0 Å². The molecule has 1 aromatic carbocycles. The second kappa shape index (κ2) is 7.07. The lowest BCUT2D eigenvalue weighted by Crippen LogP contribution is -2.37. The summed E-state index contributed by atoms with van der Waals surface area (Å²) >= 11 is 3.41. The van der Waals surface area contributed by atoms with Crippen LogP contribution in [0.1, 0.15) is 41.6 Å². The number of carboxylic acid groups (broad SMARTS) is 1. The van der Waals surface area contributed by atoms with Gasteiger partial charge < -0.3 is 10.4 Å². The third-order valence-electron chi connectivity index (χ3n) is 4.19. The molecule has 1 amide bonds. The number of aryl methyl sites for hydroxylation is 1. The summed E-state index contributed by atoms with van der Waals surface area (Å²) in [5.74, 6) is -1.18. The Balaban J connectivity index is 1.96. The average molecular weight is 354 g/mol. The Morgan fingerprint density at radius 2 is 2.05 bits per heavy atom. The number of hydrogen-bond acceptors (Lipinski definition) is 2. The van der Waals surface area contributed by atoms with Gasteiger partial charge in [0, 0.05) is 16.6 Å². The van der Waals surface area contributed by atoms with Crippen LogP contribution < -0.4 is 5.32 Å². The fourth-order valence-corrected chi connectivity index (χ4v) is 3.22. The summed E-state index contributed by atoms with van der Waals surface area (Å²) in [6, 6.07) is 5.46. The van der Waals surface area contributed by atoms with Crippen LogP contribution in [0, 0.1) is 18.8 Å². The molecule has 2 rings (SSSR count). The Labute approximate surface area is 133 Å². The van der Waals surface area contributed by atoms with Crippen molar-refractivity contribution in [1.82, 2.24) is 5.32 Å². The fourth-order valence-electron chi connectivity index (χ4n) is 2.84. The molecule has 0 heterocycles. The monoisotopic (exact) mass is 353 g/mol. The van der Waals surface area contributed by atoms with E-state index in [2.05, 4.69) is 21.2 Å². The van der Waals surface area contributed by atoms with Crippen LogP contribution in [-0.4, -0.2) is 23.5 Å². The van der Waals surface area contributed by atoms with Gasteiger partial charge in [-0.2, -0.15) is 0 Å². The zero-order valence-electron chi connectivity index (χ0n) is 12.1. The van der Waals surface area contributed by atoms with E-state index in [-0.39, 0.29) is 17.7 Å². The summed E-state index contributed by atoms with van der Waals surface area (Å²) < 4.78 is 0.899. The minimum Gasteiger partial charge on any atom is -0.481 e. The number of carboxylic acids is 1. The zero-order valence-corrected chi connectivity index (χ0v) is 13.6. The quantitative estimate of drug-likeness (QED) is 0.871. The second-order valence-electron chi connectivity index (χ2n) is 5.66. The van der Waals surface area contributed by atoms with E-state index < -0.39 is 5.97 Å². The largest absolute Gasteiger partial charge is 0.481 e. The van der Waals surface area contributed by atoms with Crippen LogP contribution in [0.25, 0.3) is 0 Å². The lowest BCUT2D eigenvalue weighted by molar-refractivity contribution is -0.144. The first-order valence-corrected chi connectivity index (χ1v) is 8.05. The molecule has 4 nitrogen and oxygen atoms in total. The summed E-state index contributed by atoms with van der Waals surface area (Å²) in [4.78, 5) is 23.4. The van der Waals surface area contributed by atoms with Gasteiger partial charge in [0.25, 0.3) is 5.91 Å². The van der Waals surface area contributed by atoms with E-state index in [9.17, 15) is 14.7 Å². The maximum atomic E-state index is 12.1. The minimum absolute atomic E-state index is 0.0362. The fraction of sp³-hybridized carbons (Fsp3) is 0.500. The van der Waals surface area contributed by atoms with Crippen LogP contribution in [0.2, 0.25) is 0 Å². The zero-order chi connectivity index (χ0) is 15.4. The van der Waals surface area contributed by atoms with Gasteiger partial charge in [0.05, 0.1) is 5.92 Å². The van der Waals surface area contributed by atoms with E-state index in [1.165, 1.54) is 0 Å². The summed E-state index contributed by atoms with van der Waals surface area (Å²) in [5, 5.41) is 12.1. The van der Waals surface area contributed by atoms with Crippen molar-refractivity contribution in [3.05, 3.63) is 33.8 Å². The first-order valence-electron chi connectivity index (χ1n) is 7.26. The second-order valence-corrected chi connectivity index (χ2v) is 6.52. The smallest absolute Gasteiger partial charge is 0.306 e. The molecule has 1 aliphatic carbocycles. The number of carbonyl (C=O) groups excluding carboxylic acids is 1. The van der Waals surface area contributed by atoms with Gasteiger partial charge in [0.1, 0.15) is 0 Å². The van der Waals surface area contributed by atoms with Crippen molar-refractivity contribution in [2.24, 2.45) is 11.8 Å². The van der Waals surface area contributed by atoms with E-state index in [1.807, 2.05) is 13.0 Å². The maximum Gasteiger partial charge on any atom is 0.306 e. The normalized spacial score (nSPS) is 21.8. The lowest BCUT2D eigenvalue weighted by atomic mass is 9.79. The SMILES string of the molecule is Cc1ccc(C(=O)NCC2CCCCC2C(=O)O)cc1Br. The van der Waals surface area contributed by atoms with Crippen molar-refractivity contribution >= 4 is 27.8 Å². The Hall–Kier alpha value is -1.36. The predicted molar refractivity (Wildman–Crippen MR) is 84.3 cm³/mol. The molecular weight excluding hydrogens is 334 g/mol. The van der Waals surface area contributed by atoms with E-state index in [4.69, 9.17) is 0 Å². The molecule has 114 valence electrons. The summed E-state index contributed by atoms with van der Waals surface area (Å²) in [6.45, 7) is 2.40. The highest BCUT2D eigenvalue weighted by molar-refractivity contribution is 9.10. The van der Waals surface area contributed by atoms with Crippen molar-refractivity contribution in [2.75, 3.05) is 6.54 Å². The van der Waals surface area contributed by atoms with Crippen LogP contribution in [0.3, 0.4) is 0 Å². The molecule has 21 heavy (non-hydrogen) atoms. The van der Waals surface area contributed by atoms with Gasteiger partial charge in [-0.25, -0.2) is 0 Å². The number of hydrogen-bond donors (Lipinski definition) is 2. The predicted octanol–water partition coefficient (Wildman–Crippen LogP) is 3.38. The molecule has 2 atom stereocenters. The van der Waals surface area contributed by atoms with Gasteiger partial charge in [-0.1, -0.05) is 34.8 Å². The number of rotatable bonds is 4. The molecule has 0 saturated heterocycles. The van der Waals surface area contributed by atoms with Crippen molar-refractivity contribution in [1.29, 1.82) is 0 Å². The molecule has 0 aromatic heterocycles. The molecule has 5 heteroatoms. The van der Waals surface area contributed by atoms with E-state index >= 15 is 0 Å². The molecule has 2 unspecified atom stereocenters.